The van der Waals surface area contributed by atoms with Gasteiger partial charge in [-0.25, -0.2) is 4.90 Å². The van der Waals surface area contributed by atoms with Gasteiger partial charge in [-0.2, -0.15) is 0 Å². The van der Waals surface area contributed by atoms with E-state index in [9.17, 15) is 14.4 Å². The second-order valence-electron chi connectivity index (χ2n) is 8.46. The summed E-state index contributed by atoms with van der Waals surface area (Å²) in [5.41, 5.74) is 0.365. The molecule has 1 spiro atoms. The molecule has 2 aromatic rings. The van der Waals surface area contributed by atoms with Crippen molar-refractivity contribution in [2.24, 2.45) is 11.8 Å². The number of amides is 3. The van der Waals surface area contributed by atoms with E-state index in [1.54, 1.807) is 36.4 Å². The third kappa shape index (κ3) is 2.36. The summed E-state index contributed by atoms with van der Waals surface area (Å²) >= 11 is 18.6. The second-order valence-corrected chi connectivity index (χ2v) is 9.77. The maximum Gasteiger partial charge on any atom is 0.250 e. The highest BCUT2D eigenvalue weighted by Crippen LogP contribution is 2.61. The largest absolute Gasteiger partial charge is 0.324 e. The molecule has 3 fully saturated rings. The summed E-state index contributed by atoms with van der Waals surface area (Å²) in [6.45, 7) is 0.639. The predicted octanol–water partition coefficient (Wildman–Crippen LogP) is 4.08. The lowest BCUT2D eigenvalue weighted by atomic mass is 9.75. The molecule has 0 radical (unpaired) electrons. The van der Waals surface area contributed by atoms with Gasteiger partial charge in [0.1, 0.15) is 5.54 Å². The van der Waals surface area contributed by atoms with Crippen LogP contribution < -0.4 is 10.2 Å². The van der Waals surface area contributed by atoms with Crippen molar-refractivity contribution in [2.45, 2.75) is 24.4 Å². The fourth-order valence-electron chi connectivity index (χ4n) is 6.10. The van der Waals surface area contributed by atoms with Gasteiger partial charge in [-0.3, -0.25) is 19.3 Å². The number of carbonyl (C=O) groups excluding carboxylic acids is 3. The van der Waals surface area contributed by atoms with Gasteiger partial charge in [0.25, 0.3) is 0 Å². The van der Waals surface area contributed by atoms with E-state index in [0.717, 1.165) is 17.7 Å². The number of carbonyl (C=O) groups is 3. The van der Waals surface area contributed by atoms with Crippen LogP contribution in [0.2, 0.25) is 15.1 Å². The lowest BCUT2D eigenvalue weighted by molar-refractivity contribution is -0.135. The summed E-state index contributed by atoms with van der Waals surface area (Å²) in [5, 5.41) is 4.06. The standard InChI is InChI=1S/C22H16Cl3N3O3/c23-10-3-4-15-14(9-10)22(21(31)26-15)18-17(16-2-1-5-27(16)22)19(29)28(20(18)30)13-7-11(24)6-12(25)8-13/h3-4,6-9,16-18H,1-2,5H2,(H,26,31)/t16-,17+,18-,22+/m0/s1. The summed E-state index contributed by atoms with van der Waals surface area (Å²) in [7, 11) is 0. The van der Waals surface area contributed by atoms with Crippen molar-refractivity contribution in [3.63, 3.8) is 0 Å². The van der Waals surface area contributed by atoms with Gasteiger partial charge in [-0.1, -0.05) is 34.8 Å². The summed E-state index contributed by atoms with van der Waals surface area (Å²) in [6.07, 6.45) is 1.60. The zero-order valence-corrected chi connectivity index (χ0v) is 18.3. The van der Waals surface area contributed by atoms with Crippen LogP contribution in [0.15, 0.2) is 36.4 Å². The molecule has 0 aromatic heterocycles. The molecular formula is C22H16Cl3N3O3. The van der Waals surface area contributed by atoms with Crippen molar-refractivity contribution in [1.82, 2.24) is 4.90 Å². The number of nitrogens with zero attached hydrogens (tertiary/aromatic N) is 2. The first-order chi connectivity index (χ1) is 14.8. The molecule has 4 aliphatic rings. The SMILES string of the molecule is O=C1[C@H]2[C@@H](C(=O)N1c1cc(Cl)cc(Cl)c1)[C@]1(C(=O)Nc3ccc(Cl)cc31)N1CCC[C@@H]21. The molecule has 0 unspecified atom stereocenters. The van der Waals surface area contributed by atoms with Crippen molar-refractivity contribution in [3.8, 4) is 0 Å². The van der Waals surface area contributed by atoms with Gasteiger partial charge in [-0.15, -0.1) is 0 Å². The molecule has 2 aromatic carbocycles. The molecule has 9 heteroatoms. The highest BCUT2D eigenvalue weighted by Gasteiger charge is 2.74. The van der Waals surface area contributed by atoms with E-state index in [1.807, 2.05) is 0 Å². The minimum Gasteiger partial charge on any atom is -0.324 e. The Morgan fingerprint density at radius 3 is 2.42 bits per heavy atom. The second kappa shape index (κ2) is 6.45. The van der Waals surface area contributed by atoms with Gasteiger partial charge in [0.2, 0.25) is 17.7 Å². The molecule has 4 heterocycles. The van der Waals surface area contributed by atoms with Gasteiger partial charge in [0.15, 0.2) is 0 Å². The molecule has 3 saturated heterocycles. The van der Waals surface area contributed by atoms with E-state index in [0.29, 0.717) is 38.6 Å². The van der Waals surface area contributed by atoms with Gasteiger partial charge in [0, 0.05) is 32.4 Å². The number of nitrogens with one attached hydrogen (secondary N) is 1. The van der Waals surface area contributed by atoms with E-state index in [-0.39, 0.29) is 17.9 Å². The summed E-state index contributed by atoms with van der Waals surface area (Å²) < 4.78 is 0. The topological polar surface area (TPSA) is 69.7 Å². The molecule has 4 atom stereocenters. The lowest BCUT2D eigenvalue weighted by Crippen LogP contribution is -2.54. The molecule has 4 aliphatic heterocycles. The molecule has 158 valence electrons. The highest BCUT2D eigenvalue weighted by molar-refractivity contribution is 6.36. The zero-order valence-electron chi connectivity index (χ0n) is 16.1. The maximum absolute atomic E-state index is 13.8. The van der Waals surface area contributed by atoms with E-state index in [2.05, 4.69) is 10.2 Å². The van der Waals surface area contributed by atoms with Crippen LogP contribution in [0.1, 0.15) is 18.4 Å². The van der Waals surface area contributed by atoms with Crippen LogP contribution in [0.4, 0.5) is 11.4 Å². The van der Waals surface area contributed by atoms with Gasteiger partial charge in [-0.05, 0) is 55.8 Å². The van der Waals surface area contributed by atoms with Crippen LogP contribution in [0.3, 0.4) is 0 Å². The fourth-order valence-corrected chi connectivity index (χ4v) is 6.78. The Labute approximate surface area is 193 Å². The Morgan fingerprint density at radius 1 is 0.935 bits per heavy atom. The first-order valence-corrected chi connectivity index (χ1v) is 11.2. The Balaban J connectivity index is 1.57. The number of imide groups is 1. The molecule has 6 rings (SSSR count). The van der Waals surface area contributed by atoms with Crippen LogP contribution in [-0.2, 0) is 19.9 Å². The van der Waals surface area contributed by atoms with E-state index >= 15 is 0 Å². The maximum atomic E-state index is 13.8. The van der Waals surface area contributed by atoms with Crippen molar-refractivity contribution in [1.29, 1.82) is 0 Å². The smallest absolute Gasteiger partial charge is 0.250 e. The number of fused-ring (bicyclic) bond motifs is 7. The Bertz CT molecular complexity index is 1180. The summed E-state index contributed by atoms with van der Waals surface area (Å²) in [6, 6.07) is 9.63. The number of halogens is 3. The van der Waals surface area contributed by atoms with Crippen LogP contribution in [0.5, 0.6) is 0 Å². The molecule has 0 bridgehead atoms. The summed E-state index contributed by atoms with van der Waals surface area (Å²) in [5.74, 6) is -2.47. The molecule has 0 saturated carbocycles. The highest BCUT2D eigenvalue weighted by atomic mass is 35.5. The quantitative estimate of drug-likeness (QED) is 0.630. The minimum absolute atomic E-state index is 0.197. The molecule has 31 heavy (non-hydrogen) atoms. The normalized spacial score (nSPS) is 31.4. The monoisotopic (exact) mass is 475 g/mol. The van der Waals surface area contributed by atoms with Crippen molar-refractivity contribution < 1.29 is 14.4 Å². The van der Waals surface area contributed by atoms with Gasteiger partial charge in [0.05, 0.1) is 17.5 Å². The summed E-state index contributed by atoms with van der Waals surface area (Å²) in [4.78, 5) is 44.2. The number of hydrogen-bond donors (Lipinski definition) is 1. The van der Waals surface area contributed by atoms with Crippen molar-refractivity contribution in [3.05, 3.63) is 57.0 Å². The Morgan fingerprint density at radius 2 is 1.68 bits per heavy atom. The molecular weight excluding hydrogens is 461 g/mol. The third-order valence-corrected chi connectivity index (χ3v) is 7.73. The van der Waals surface area contributed by atoms with Crippen molar-refractivity contribution >= 4 is 63.9 Å². The van der Waals surface area contributed by atoms with Crippen LogP contribution in [0, 0.1) is 11.8 Å². The predicted molar refractivity (Wildman–Crippen MR) is 117 cm³/mol. The fraction of sp³-hybridized carbons (Fsp3) is 0.318. The average molecular weight is 477 g/mol. The average Bonchev–Trinajstić information content (AvgIpc) is 3.39. The van der Waals surface area contributed by atoms with E-state index in [1.165, 1.54) is 0 Å². The van der Waals surface area contributed by atoms with Crippen molar-refractivity contribution in [2.75, 3.05) is 16.8 Å². The Hall–Kier alpha value is -2.12. The minimum atomic E-state index is -1.25. The zero-order chi connectivity index (χ0) is 21.7. The van der Waals surface area contributed by atoms with Crippen LogP contribution in [-0.4, -0.2) is 35.2 Å². The van der Waals surface area contributed by atoms with Gasteiger partial charge >= 0.3 is 0 Å². The van der Waals surface area contributed by atoms with Crippen LogP contribution >= 0.6 is 34.8 Å². The first-order valence-electron chi connectivity index (χ1n) is 10.1. The van der Waals surface area contributed by atoms with Crippen LogP contribution in [0.25, 0.3) is 0 Å². The molecule has 0 aliphatic carbocycles. The Kier molecular flexibility index (Phi) is 4.07. The van der Waals surface area contributed by atoms with Gasteiger partial charge < -0.3 is 5.32 Å². The van der Waals surface area contributed by atoms with E-state index in [4.69, 9.17) is 34.8 Å². The number of benzene rings is 2. The lowest BCUT2D eigenvalue weighted by Gasteiger charge is -2.36. The van der Waals surface area contributed by atoms with E-state index < -0.39 is 23.3 Å². The first kappa shape index (κ1) is 19.6. The molecule has 1 N–H and O–H groups in total. The molecule has 6 nitrogen and oxygen atoms in total. The number of anilines is 2. The number of hydrogen-bond acceptors (Lipinski definition) is 4. The number of rotatable bonds is 1. The third-order valence-electron chi connectivity index (χ3n) is 7.06. The molecule has 3 amide bonds.